The average Bonchev–Trinajstić information content (AvgIpc) is 2.05. The Morgan fingerprint density at radius 1 is 1.18 bits per heavy atom. The first-order valence-electron chi connectivity index (χ1n) is 3.35. The summed E-state index contributed by atoms with van der Waals surface area (Å²) in [7, 11) is 0. The van der Waals surface area contributed by atoms with E-state index in [9.17, 15) is 0 Å². The fourth-order valence-electron chi connectivity index (χ4n) is 1.06. The summed E-state index contributed by atoms with van der Waals surface area (Å²) in [6, 6.07) is 8.03. The van der Waals surface area contributed by atoms with E-state index in [1.165, 1.54) is 5.56 Å². The molecular weight excluding hydrogens is 138 g/mol. The van der Waals surface area contributed by atoms with Crippen LogP contribution < -0.4 is 10.9 Å². The summed E-state index contributed by atoms with van der Waals surface area (Å²) in [5.74, 6) is 0.991. The topological polar surface area (TPSA) is 39.7 Å². The second kappa shape index (κ2) is 3.21. The van der Waals surface area contributed by atoms with Crippen LogP contribution in [0.4, 0.5) is 0 Å². The van der Waals surface area contributed by atoms with Gasteiger partial charge >= 0.3 is 0 Å². The van der Waals surface area contributed by atoms with Gasteiger partial charge in [-0.3, -0.25) is 0 Å². The summed E-state index contributed by atoms with van der Waals surface area (Å²) in [5.41, 5.74) is 1.17. The van der Waals surface area contributed by atoms with Gasteiger partial charge in [-0.25, -0.2) is 0 Å². The number of hydrogen-bond acceptors (Lipinski definition) is 1. The number of hydrogen-bond donors (Lipinski definition) is 0. The number of ether oxygens (including phenoxy) is 1. The normalized spacial score (nSPS) is 12.7. The van der Waals surface area contributed by atoms with Gasteiger partial charge in [0.05, 0.1) is 0 Å². The SMILES string of the molecule is C1=Cc2ccccc2OC1.[N]. The van der Waals surface area contributed by atoms with Gasteiger partial charge in [-0.1, -0.05) is 24.3 Å². The van der Waals surface area contributed by atoms with Crippen molar-refractivity contribution in [3.8, 4) is 5.75 Å². The van der Waals surface area contributed by atoms with Crippen molar-refractivity contribution in [1.82, 2.24) is 6.15 Å². The van der Waals surface area contributed by atoms with Gasteiger partial charge < -0.3 is 4.74 Å². The summed E-state index contributed by atoms with van der Waals surface area (Å²) >= 11 is 0. The molecule has 0 saturated carbocycles. The maximum Gasteiger partial charge on any atom is 0.126 e. The van der Waals surface area contributed by atoms with E-state index in [1.807, 2.05) is 30.3 Å². The summed E-state index contributed by atoms with van der Waals surface area (Å²) < 4.78 is 5.34. The molecule has 0 N–H and O–H groups in total. The van der Waals surface area contributed by atoms with Gasteiger partial charge in [-0.2, -0.15) is 0 Å². The zero-order valence-corrected chi connectivity index (χ0v) is 6.03. The van der Waals surface area contributed by atoms with Crippen molar-refractivity contribution in [1.29, 1.82) is 0 Å². The molecule has 0 saturated heterocycles. The Hall–Kier alpha value is -1.28. The summed E-state index contributed by atoms with van der Waals surface area (Å²) in [4.78, 5) is 0. The number of fused-ring (bicyclic) bond motifs is 1. The van der Waals surface area contributed by atoms with Gasteiger partial charge in [-0.15, -0.1) is 0 Å². The van der Waals surface area contributed by atoms with Gasteiger partial charge in [-0.05, 0) is 12.1 Å². The van der Waals surface area contributed by atoms with Crippen LogP contribution in [-0.4, -0.2) is 6.61 Å². The number of benzene rings is 1. The summed E-state index contributed by atoms with van der Waals surface area (Å²) in [6.07, 6.45) is 4.10. The first-order chi connectivity index (χ1) is 4.97. The second-order valence-corrected chi connectivity index (χ2v) is 2.25. The molecule has 0 amide bonds. The highest BCUT2D eigenvalue weighted by molar-refractivity contribution is 5.58. The highest BCUT2D eigenvalue weighted by atomic mass is 16.5. The van der Waals surface area contributed by atoms with Gasteiger partial charge in [0, 0.05) is 11.7 Å². The largest absolute Gasteiger partial charge is 0.489 e. The smallest absolute Gasteiger partial charge is 0.126 e. The van der Waals surface area contributed by atoms with E-state index in [0.29, 0.717) is 6.61 Å². The van der Waals surface area contributed by atoms with Crippen molar-refractivity contribution in [2.24, 2.45) is 0 Å². The predicted octanol–water partition coefficient (Wildman–Crippen LogP) is 1.61. The maximum atomic E-state index is 5.34. The lowest BCUT2D eigenvalue weighted by molar-refractivity contribution is 0.358. The highest BCUT2D eigenvalue weighted by Gasteiger charge is 2.01. The molecule has 1 heterocycles. The minimum absolute atomic E-state index is 0. The van der Waals surface area contributed by atoms with Crippen LogP contribution >= 0.6 is 0 Å². The minimum atomic E-state index is 0. The molecule has 0 fully saturated rings. The van der Waals surface area contributed by atoms with Crippen LogP contribution in [0.25, 0.3) is 6.08 Å². The van der Waals surface area contributed by atoms with Crippen molar-refractivity contribution in [2.75, 3.05) is 6.61 Å². The first kappa shape index (κ1) is 7.82. The minimum Gasteiger partial charge on any atom is -0.489 e. The van der Waals surface area contributed by atoms with Crippen molar-refractivity contribution in [3.63, 3.8) is 0 Å². The molecular formula is C9H8NO. The second-order valence-electron chi connectivity index (χ2n) is 2.25. The lowest BCUT2D eigenvalue weighted by Gasteiger charge is -2.10. The van der Waals surface area contributed by atoms with Crippen LogP contribution in [0.1, 0.15) is 5.56 Å². The number of rotatable bonds is 0. The molecule has 1 aliphatic rings. The van der Waals surface area contributed by atoms with Crippen LogP contribution in [0.15, 0.2) is 30.3 Å². The third kappa shape index (κ3) is 1.41. The molecule has 1 aromatic rings. The molecule has 11 heavy (non-hydrogen) atoms. The third-order valence-electron chi connectivity index (χ3n) is 1.55. The molecule has 2 nitrogen and oxygen atoms in total. The van der Waals surface area contributed by atoms with Crippen molar-refractivity contribution >= 4 is 6.08 Å². The Bertz CT molecular complexity index is 268. The number of nitrogens with zero attached hydrogens (tertiary/aromatic N) is 1. The van der Waals surface area contributed by atoms with Gasteiger partial charge in [0.1, 0.15) is 12.4 Å². The van der Waals surface area contributed by atoms with Crippen LogP contribution in [0.3, 0.4) is 0 Å². The fourth-order valence-corrected chi connectivity index (χ4v) is 1.06. The van der Waals surface area contributed by atoms with Gasteiger partial charge in [0.2, 0.25) is 0 Å². The van der Waals surface area contributed by atoms with Gasteiger partial charge in [0.25, 0.3) is 0 Å². The van der Waals surface area contributed by atoms with Crippen molar-refractivity contribution in [2.45, 2.75) is 0 Å². The maximum absolute atomic E-state index is 5.34. The molecule has 0 aliphatic carbocycles. The zero-order valence-electron chi connectivity index (χ0n) is 6.03. The Morgan fingerprint density at radius 3 is 2.82 bits per heavy atom. The molecule has 2 heteroatoms. The molecule has 0 spiro atoms. The van der Waals surface area contributed by atoms with E-state index in [4.69, 9.17) is 4.74 Å². The Morgan fingerprint density at radius 2 is 2.00 bits per heavy atom. The molecule has 3 radical (unpaired) electrons. The Labute approximate surface area is 66.1 Å². The first-order valence-corrected chi connectivity index (χ1v) is 3.35. The van der Waals surface area contributed by atoms with Crippen LogP contribution in [0.5, 0.6) is 5.75 Å². The lowest BCUT2D eigenvalue weighted by Crippen LogP contribution is -1.98. The Kier molecular flexibility index (Phi) is 2.28. The van der Waals surface area contributed by atoms with E-state index >= 15 is 0 Å². The standard InChI is InChI=1S/C9H8O.N/c1-2-6-9-8(4-1)5-3-7-10-9;/h1-6H,7H2;. The molecule has 1 aromatic carbocycles. The predicted molar refractivity (Wildman–Crippen MR) is 43.1 cm³/mol. The highest BCUT2D eigenvalue weighted by Crippen LogP contribution is 2.21. The van der Waals surface area contributed by atoms with Gasteiger partial charge in [0.15, 0.2) is 0 Å². The lowest BCUT2D eigenvalue weighted by atomic mass is 10.1. The number of para-hydroxylation sites is 1. The van der Waals surface area contributed by atoms with Crippen LogP contribution in [0.2, 0.25) is 0 Å². The molecule has 0 atom stereocenters. The Balaban J connectivity index is 0.000000605. The fraction of sp³-hybridized carbons (Fsp3) is 0.111. The van der Waals surface area contributed by atoms with E-state index in [2.05, 4.69) is 6.08 Å². The zero-order chi connectivity index (χ0) is 6.81. The third-order valence-corrected chi connectivity index (χ3v) is 1.55. The summed E-state index contributed by atoms with van der Waals surface area (Å²) in [6.45, 7) is 0.705. The quantitative estimate of drug-likeness (QED) is 0.548. The molecule has 0 bridgehead atoms. The van der Waals surface area contributed by atoms with Crippen molar-refractivity contribution in [3.05, 3.63) is 35.9 Å². The molecule has 1 aliphatic heterocycles. The van der Waals surface area contributed by atoms with E-state index in [-0.39, 0.29) is 6.15 Å². The van der Waals surface area contributed by atoms with Crippen molar-refractivity contribution < 1.29 is 4.74 Å². The molecule has 0 aromatic heterocycles. The average molecular weight is 146 g/mol. The van der Waals surface area contributed by atoms with E-state index in [0.717, 1.165) is 5.75 Å². The van der Waals surface area contributed by atoms with Crippen LogP contribution in [0, 0.1) is 0 Å². The molecule has 2 rings (SSSR count). The molecule has 55 valence electrons. The van der Waals surface area contributed by atoms with Crippen LogP contribution in [-0.2, 0) is 0 Å². The molecule has 0 unspecified atom stereocenters. The summed E-state index contributed by atoms with van der Waals surface area (Å²) in [5, 5.41) is 0. The van der Waals surface area contributed by atoms with E-state index < -0.39 is 0 Å². The monoisotopic (exact) mass is 146 g/mol. The van der Waals surface area contributed by atoms with E-state index in [1.54, 1.807) is 0 Å².